The molecule has 0 bridgehead atoms. The normalized spacial score (nSPS) is 15.7. The largest absolute Gasteiger partial charge is 0.456 e. The van der Waals surface area contributed by atoms with Crippen LogP contribution in [-0.4, -0.2) is 15.0 Å². The minimum Gasteiger partial charge on any atom is -0.456 e. The van der Waals surface area contributed by atoms with Crippen LogP contribution in [0.4, 0.5) is 0 Å². The predicted octanol–water partition coefficient (Wildman–Crippen LogP) is 12.0. The third-order valence-corrected chi connectivity index (χ3v) is 11.0. The number of benzene rings is 6. The van der Waals surface area contributed by atoms with Crippen LogP contribution >= 0.6 is 0 Å². The maximum atomic E-state index is 6.40. The first kappa shape index (κ1) is 28.9. The third-order valence-electron chi connectivity index (χ3n) is 11.0. The number of aromatic nitrogens is 3. The molecule has 3 aromatic heterocycles. The lowest BCUT2D eigenvalue weighted by molar-refractivity contribution is 0.255. The fourth-order valence-corrected chi connectivity index (χ4v) is 8.12. The molecule has 1 atom stereocenters. The molecule has 5 heteroatoms. The van der Waals surface area contributed by atoms with Gasteiger partial charge in [-0.2, -0.15) is 0 Å². The van der Waals surface area contributed by atoms with E-state index in [2.05, 4.69) is 100 Å². The maximum Gasteiger partial charge on any atom is 0.164 e. The van der Waals surface area contributed by atoms with Gasteiger partial charge < -0.3 is 8.83 Å². The SMILES string of the molecule is CC(C)(C)C1(C)c2ccc3oc4ccccc4c3c2-c2cccc(-c3nc(-c4ccccc4)nc(-c4ccc5oc6ccccc6c5c4)n3)c21. The zero-order chi connectivity index (χ0) is 33.8. The van der Waals surface area contributed by atoms with Crippen molar-refractivity contribution in [3.63, 3.8) is 0 Å². The van der Waals surface area contributed by atoms with Crippen LogP contribution in [0, 0.1) is 5.41 Å². The van der Waals surface area contributed by atoms with E-state index < -0.39 is 0 Å². The Morgan fingerprint density at radius 2 is 1.10 bits per heavy atom. The van der Waals surface area contributed by atoms with Gasteiger partial charge in [0.2, 0.25) is 0 Å². The van der Waals surface area contributed by atoms with E-state index in [1.165, 1.54) is 22.3 Å². The predicted molar refractivity (Wildman–Crippen MR) is 202 cm³/mol. The standard InChI is InChI=1S/C45H33N3O2/c1-44(2,3)45(4)33-22-24-37-39(29-16-9-11-20-35(29)50-37)38(33)30-17-12-18-31(40(30)45)43-47-41(26-13-6-5-7-14-26)46-42(48-43)27-21-23-36-32(25-27)28-15-8-10-19-34(28)49-36/h5-25H,1-4H3. The molecule has 1 aliphatic carbocycles. The molecule has 6 aromatic carbocycles. The molecule has 0 N–H and O–H groups in total. The van der Waals surface area contributed by atoms with E-state index in [-0.39, 0.29) is 10.8 Å². The summed E-state index contributed by atoms with van der Waals surface area (Å²) in [6.45, 7) is 9.38. The average molecular weight is 648 g/mol. The van der Waals surface area contributed by atoms with Crippen LogP contribution in [0.15, 0.2) is 136 Å². The van der Waals surface area contributed by atoms with Crippen molar-refractivity contribution in [3.8, 4) is 45.3 Å². The number of nitrogens with zero attached hydrogens (tertiary/aromatic N) is 3. The Balaban J connectivity index is 1.26. The number of fused-ring (bicyclic) bond motifs is 10. The smallest absolute Gasteiger partial charge is 0.164 e. The van der Waals surface area contributed by atoms with Crippen LogP contribution in [0.25, 0.3) is 89.2 Å². The second kappa shape index (κ2) is 10.2. The Labute approximate surface area is 289 Å². The van der Waals surface area contributed by atoms with Gasteiger partial charge in [0.05, 0.1) is 0 Å². The monoisotopic (exact) mass is 647 g/mol. The highest BCUT2D eigenvalue weighted by Gasteiger charge is 2.50. The summed E-state index contributed by atoms with van der Waals surface area (Å²) in [6.07, 6.45) is 0. The fraction of sp³-hybridized carbons (Fsp3) is 0.133. The molecule has 5 nitrogen and oxygen atoms in total. The van der Waals surface area contributed by atoms with Gasteiger partial charge in [0, 0.05) is 43.7 Å². The second-order valence-electron chi connectivity index (χ2n) is 14.5. The number of para-hydroxylation sites is 2. The summed E-state index contributed by atoms with van der Waals surface area (Å²) in [5, 5.41) is 4.39. The van der Waals surface area contributed by atoms with Crippen LogP contribution in [-0.2, 0) is 5.41 Å². The molecular formula is C45H33N3O2. The van der Waals surface area contributed by atoms with Gasteiger partial charge in [0.15, 0.2) is 17.5 Å². The topological polar surface area (TPSA) is 65.0 Å². The van der Waals surface area contributed by atoms with E-state index >= 15 is 0 Å². The number of rotatable bonds is 3. The number of hydrogen-bond acceptors (Lipinski definition) is 5. The summed E-state index contributed by atoms with van der Waals surface area (Å²) >= 11 is 0. The van der Waals surface area contributed by atoms with Crippen molar-refractivity contribution in [2.24, 2.45) is 5.41 Å². The van der Waals surface area contributed by atoms with Crippen molar-refractivity contribution in [3.05, 3.63) is 139 Å². The lowest BCUT2D eigenvalue weighted by Gasteiger charge is -2.41. The van der Waals surface area contributed by atoms with Gasteiger partial charge in [0.1, 0.15) is 22.3 Å². The molecule has 1 aliphatic rings. The molecule has 9 aromatic rings. The first-order valence-electron chi connectivity index (χ1n) is 17.1. The van der Waals surface area contributed by atoms with Crippen molar-refractivity contribution in [2.45, 2.75) is 33.1 Å². The summed E-state index contributed by atoms with van der Waals surface area (Å²) in [4.78, 5) is 15.6. The zero-order valence-corrected chi connectivity index (χ0v) is 28.3. The third kappa shape index (κ3) is 3.98. The van der Waals surface area contributed by atoms with Crippen LogP contribution in [0.5, 0.6) is 0 Å². The Bertz CT molecular complexity index is 2820. The Kier molecular flexibility index (Phi) is 5.91. The lowest BCUT2D eigenvalue weighted by Crippen LogP contribution is -2.37. The molecule has 0 aliphatic heterocycles. The van der Waals surface area contributed by atoms with Crippen molar-refractivity contribution in [2.75, 3.05) is 0 Å². The lowest BCUT2D eigenvalue weighted by atomic mass is 9.61. The summed E-state index contributed by atoms with van der Waals surface area (Å²) in [5.74, 6) is 1.91. The van der Waals surface area contributed by atoms with E-state index in [9.17, 15) is 0 Å². The van der Waals surface area contributed by atoms with Crippen molar-refractivity contribution in [1.29, 1.82) is 0 Å². The second-order valence-corrected chi connectivity index (χ2v) is 14.5. The van der Waals surface area contributed by atoms with Crippen molar-refractivity contribution in [1.82, 2.24) is 15.0 Å². The Morgan fingerprint density at radius 1 is 0.500 bits per heavy atom. The molecule has 10 rings (SSSR count). The average Bonchev–Trinajstić information content (AvgIpc) is 3.79. The van der Waals surface area contributed by atoms with Gasteiger partial charge in [-0.1, -0.05) is 119 Å². The highest BCUT2D eigenvalue weighted by molar-refractivity contribution is 6.15. The van der Waals surface area contributed by atoms with Crippen LogP contribution in [0.3, 0.4) is 0 Å². The minimum atomic E-state index is -0.366. The molecule has 0 amide bonds. The molecule has 0 saturated heterocycles. The molecule has 0 radical (unpaired) electrons. The van der Waals surface area contributed by atoms with Crippen LogP contribution < -0.4 is 0 Å². The van der Waals surface area contributed by atoms with E-state index in [1.54, 1.807) is 0 Å². The van der Waals surface area contributed by atoms with E-state index in [1.807, 2.05) is 54.6 Å². The maximum absolute atomic E-state index is 6.40. The molecular weight excluding hydrogens is 615 g/mol. The summed E-state index contributed by atoms with van der Waals surface area (Å²) in [5.41, 5.74) is 10.8. The van der Waals surface area contributed by atoms with E-state index in [0.717, 1.165) is 60.6 Å². The van der Waals surface area contributed by atoms with Crippen LogP contribution in [0.1, 0.15) is 38.8 Å². The van der Waals surface area contributed by atoms with E-state index in [0.29, 0.717) is 17.5 Å². The summed E-state index contributed by atoms with van der Waals surface area (Å²) < 4.78 is 12.6. The quantitative estimate of drug-likeness (QED) is 0.191. The van der Waals surface area contributed by atoms with Gasteiger partial charge in [-0.05, 0) is 64.1 Å². The number of furan rings is 2. The highest BCUT2D eigenvalue weighted by Crippen LogP contribution is 2.61. The van der Waals surface area contributed by atoms with E-state index in [4.69, 9.17) is 23.8 Å². The van der Waals surface area contributed by atoms with Crippen LogP contribution in [0.2, 0.25) is 0 Å². The van der Waals surface area contributed by atoms with Gasteiger partial charge in [0.25, 0.3) is 0 Å². The first-order chi connectivity index (χ1) is 24.3. The summed E-state index contributed by atoms with van der Waals surface area (Å²) in [6, 6.07) is 43.9. The minimum absolute atomic E-state index is 0.151. The molecule has 0 spiro atoms. The van der Waals surface area contributed by atoms with Gasteiger partial charge >= 0.3 is 0 Å². The Morgan fingerprint density at radius 3 is 1.88 bits per heavy atom. The summed E-state index contributed by atoms with van der Waals surface area (Å²) in [7, 11) is 0. The molecule has 50 heavy (non-hydrogen) atoms. The molecule has 0 saturated carbocycles. The van der Waals surface area contributed by atoms with Crippen molar-refractivity contribution < 1.29 is 8.83 Å². The van der Waals surface area contributed by atoms with Gasteiger partial charge in [-0.3, -0.25) is 0 Å². The zero-order valence-electron chi connectivity index (χ0n) is 28.3. The van der Waals surface area contributed by atoms with Gasteiger partial charge in [-0.25, -0.2) is 15.0 Å². The Hall–Kier alpha value is -6.07. The molecule has 240 valence electrons. The first-order valence-corrected chi connectivity index (χ1v) is 17.1. The molecule has 3 heterocycles. The highest BCUT2D eigenvalue weighted by atomic mass is 16.3. The van der Waals surface area contributed by atoms with Gasteiger partial charge in [-0.15, -0.1) is 0 Å². The molecule has 0 fully saturated rings. The number of hydrogen-bond donors (Lipinski definition) is 0. The molecule has 1 unspecified atom stereocenters. The van der Waals surface area contributed by atoms with Crippen molar-refractivity contribution >= 4 is 43.9 Å². The fourth-order valence-electron chi connectivity index (χ4n) is 8.12.